The number of hydrogen-bond donors (Lipinski definition) is 0. The first-order valence-electron chi connectivity index (χ1n) is 9.54. The number of ether oxygens (including phenoxy) is 2. The number of hydrazine groups is 1. The van der Waals surface area contributed by atoms with Gasteiger partial charge in [0.15, 0.2) is 0 Å². The van der Waals surface area contributed by atoms with E-state index in [1.165, 1.54) is 0 Å². The molecule has 5 nitrogen and oxygen atoms in total. The number of amides is 1. The molecule has 0 unspecified atom stereocenters. The van der Waals surface area contributed by atoms with E-state index < -0.39 is 0 Å². The van der Waals surface area contributed by atoms with Gasteiger partial charge in [-0.3, -0.25) is 4.79 Å². The van der Waals surface area contributed by atoms with Crippen LogP contribution in [0.25, 0.3) is 0 Å². The van der Waals surface area contributed by atoms with E-state index in [2.05, 4.69) is 0 Å². The Morgan fingerprint density at radius 2 is 1.66 bits per heavy atom. The molecule has 0 N–H and O–H groups in total. The molecule has 0 radical (unpaired) electrons. The van der Waals surface area contributed by atoms with Gasteiger partial charge in [-0.05, 0) is 35.4 Å². The third-order valence-electron chi connectivity index (χ3n) is 5.29. The first-order valence-corrected chi connectivity index (χ1v) is 9.54. The molecule has 1 aliphatic heterocycles. The Balaban J connectivity index is 1.69. The molecule has 0 saturated heterocycles. The van der Waals surface area contributed by atoms with Crippen molar-refractivity contribution >= 4 is 11.6 Å². The van der Waals surface area contributed by atoms with Crippen molar-refractivity contribution < 1.29 is 14.3 Å². The molecule has 1 atom stereocenters. The second kappa shape index (κ2) is 7.97. The van der Waals surface area contributed by atoms with E-state index in [0.29, 0.717) is 6.54 Å². The van der Waals surface area contributed by atoms with Crippen LogP contribution in [-0.4, -0.2) is 32.2 Å². The number of benzene rings is 3. The van der Waals surface area contributed by atoms with Gasteiger partial charge >= 0.3 is 0 Å². The number of rotatable bonds is 6. The van der Waals surface area contributed by atoms with E-state index in [1.807, 2.05) is 84.9 Å². The van der Waals surface area contributed by atoms with Gasteiger partial charge in [0, 0.05) is 19.2 Å². The van der Waals surface area contributed by atoms with Crippen molar-refractivity contribution in [1.29, 1.82) is 0 Å². The summed E-state index contributed by atoms with van der Waals surface area (Å²) in [5, 5.41) is 3.70. The zero-order chi connectivity index (χ0) is 20.4. The molecule has 3 aromatic rings. The quantitative estimate of drug-likeness (QED) is 0.634. The fraction of sp³-hybridized carbons (Fsp3) is 0.208. The zero-order valence-electron chi connectivity index (χ0n) is 16.8. The molecule has 29 heavy (non-hydrogen) atoms. The predicted octanol–water partition coefficient (Wildman–Crippen LogP) is 4.23. The van der Waals surface area contributed by atoms with Crippen LogP contribution in [0.4, 0.5) is 5.69 Å². The zero-order valence-corrected chi connectivity index (χ0v) is 16.8. The van der Waals surface area contributed by atoms with Crippen molar-refractivity contribution in [3.63, 3.8) is 0 Å². The second-order valence-corrected chi connectivity index (χ2v) is 7.05. The van der Waals surface area contributed by atoms with Gasteiger partial charge in [0.05, 0.1) is 25.8 Å². The summed E-state index contributed by atoms with van der Waals surface area (Å²) in [5.74, 6) is 1.26. The van der Waals surface area contributed by atoms with E-state index in [0.717, 1.165) is 33.9 Å². The molecule has 5 heteroatoms. The van der Waals surface area contributed by atoms with Crippen molar-refractivity contribution in [3.05, 3.63) is 89.5 Å². The molecule has 0 aliphatic carbocycles. The summed E-state index contributed by atoms with van der Waals surface area (Å²) in [4.78, 5) is 13.5. The molecule has 3 aromatic carbocycles. The lowest BCUT2D eigenvalue weighted by atomic mass is 9.93. The highest BCUT2D eigenvalue weighted by Gasteiger charge is 2.40. The predicted molar refractivity (Wildman–Crippen MR) is 113 cm³/mol. The maximum atomic E-state index is 13.5. The van der Waals surface area contributed by atoms with Crippen molar-refractivity contribution in [3.8, 4) is 11.5 Å². The van der Waals surface area contributed by atoms with Gasteiger partial charge < -0.3 is 9.47 Å². The van der Waals surface area contributed by atoms with Gasteiger partial charge in [0.2, 0.25) is 0 Å². The minimum Gasteiger partial charge on any atom is -0.497 e. The third-order valence-corrected chi connectivity index (χ3v) is 5.29. The first-order chi connectivity index (χ1) is 14.1. The highest BCUT2D eigenvalue weighted by atomic mass is 16.5. The van der Waals surface area contributed by atoms with Gasteiger partial charge in [0.25, 0.3) is 5.91 Å². The fourth-order valence-corrected chi connectivity index (χ4v) is 3.94. The number of methoxy groups -OCH3 is 2. The smallest absolute Gasteiger partial charge is 0.253 e. The van der Waals surface area contributed by atoms with Crippen LogP contribution in [0.2, 0.25) is 0 Å². The molecule has 1 amide bonds. The summed E-state index contributed by atoms with van der Waals surface area (Å²) in [6.07, 6.45) is 0. The number of para-hydroxylation sites is 1. The molecule has 4 rings (SSSR count). The molecule has 0 fully saturated rings. The summed E-state index contributed by atoms with van der Waals surface area (Å²) in [6.45, 7) is 0.502. The highest BCUT2D eigenvalue weighted by Crippen LogP contribution is 2.42. The largest absolute Gasteiger partial charge is 0.497 e. The summed E-state index contributed by atoms with van der Waals surface area (Å²) >= 11 is 0. The normalized spacial score (nSPS) is 15.5. The maximum absolute atomic E-state index is 13.5. The summed E-state index contributed by atoms with van der Waals surface area (Å²) in [5.41, 5.74) is 3.88. The monoisotopic (exact) mass is 388 g/mol. The Morgan fingerprint density at radius 1 is 0.931 bits per heavy atom. The van der Waals surface area contributed by atoms with E-state index >= 15 is 0 Å². The molecule has 0 spiro atoms. The molecule has 0 aromatic heterocycles. The van der Waals surface area contributed by atoms with Crippen molar-refractivity contribution in [2.45, 2.75) is 12.5 Å². The molecule has 0 bridgehead atoms. The van der Waals surface area contributed by atoms with Crippen LogP contribution >= 0.6 is 0 Å². The van der Waals surface area contributed by atoms with Crippen molar-refractivity contribution in [1.82, 2.24) is 5.01 Å². The average Bonchev–Trinajstić information content (AvgIpc) is 3.06. The second-order valence-electron chi connectivity index (χ2n) is 7.05. The van der Waals surface area contributed by atoms with Crippen LogP contribution in [0.1, 0.15) is 22.6 Å². The van der Waals surface area contributed by atoms with Crippen LogP contribution < -0.4 is 14.5 Å². The first kappa shape index (κ1) is 19.0. The Morgan fingerprint density at radius 3 is 2.38 bits per heavy atom. The molecular formula is C24H24N2O3. The molecule has 1 aliphatic rings. The van der Waals surface area contributed by atoms with E-state index in [4.69, 9.17) is 9.47 Å². The Hall–Kier alpha value is -3.31. The molecule has 0 saturated carbocycles. The summed E-state index contributed by atoms with van der Waals surface area (Å²) in [7, 11) is 5.20. The van der Waals surface area contributed by atoms with Crippen molar-refractivity contribution in [2.75, 3.05) is 26.3 Å². The van der Waals surface area contributed by atoms with Crippen molar-refractivity contribution in [2.24, 2.45) is 0 Å². The fourth-order valence-electron chi connectivity index (χ4n) is 3.94. The van der Waals surface area contributed by atoms with Crippen LogP contribution in [-0.2, 0) is 11.3 Å². The number of fused-ring (bicyclic) bond motifs is 1. The number of nitrogens with zero attached hydrogens (tertiary/aromatic N) is 2. The average molecular weight is 388 g/mol. The van der Waals surface area contributed by atoms with Gasteiger partial charge in [-0.15, -0.1) is 0 Å². The lowest BCUT2D eigenvalue weighted by Gasteiger charge is -2.29. The molecule has 148 valence electrons. The van der Waals surface area contributed by atoms with Gasteiger partial charge in [-0.25, -0.2) is 10.0 Å². The van der Waals surface area contributed by atoms with Gasteiger partial charge in [-0.2, -0.15) is 0 Å². The number of anilines is 1. The Bertz CT molecular complexity index is 1020. The third kappa shape index (κ3) is 3.45. The lowest BCUT2D eigenvalue weighted by molar-refractivity contribution is -0.121. The number of carbonyl (C=O) groups is 1. The highest BCUT2D eigenvalue weighted by molar-refractivity contribution is 6.06. The summed E-state index contributed by atoms with van der Waals surface area (Å²) in [6, 6.07) is 23.6. The SMILES string of the molecule is COc1ccc(OC)c(CN(C)N2C(=O)[C@@H](c3ccccc3)c3ccccc32)c1. The standard InChI is InChI=1S/C24H24N2O3/c1-25(16-18-15-19(28-2)13-14-22(18)29-3)26-21-12-8-7-11-20(21)23(24(26)27)17-9-5-4-6-10-17/h4-15,23H,16H2,1-3H3/t23-/m0/s1. The minimum absolute atomic E-state index is 0.0433. The minimum atomic E-state index is -0.304. The lowest BCUT2D eigenvalue weighted by Crippen LogP contribution is -2.42. The molecule has 1 heterocycles. The van der Waals surface area contributed by atoms with Crippen LogP contribution in [0.15, 0.2) is 72.8 Å². The van der Waals surface area contributed by atoms with Crippen LogP contribution in [0.3, 0.4) is 0 Å². The molecular weight excluding hydrogens is 364 g/mol. The number of hydrogen-bond acceptors (Lipinski definition) is 4. The summed E-state index contributed by atoms with van der Waals surface area (Å²) < 4.78 is 10.9. The van der Waals surface area contributed by atoms with Gasteiger partial charge in [0.1, 0.15) is 11.5 Å². The van der Waals surface area contributed by atoms with E-state index in [-0.39, 0.29) is 11.8 Å². The maximum Gasteiger partial charge on any atom is 0.253 e. The van der Waals surface area contributed by atoms with E-state index in [9.17, 15) is 4.79 Å². The number of carbonyl (C=O) groups excluding carboxylic acids is 1. The Labute approximate surface area is 171 Å². The van der Waals surface area contributed by atoms with Crippen LogP contribution in [0, 0.1) is 0 Å². The van der Waals surface area contributed by atoms with Crippen LogP contribution in [0.5, 0.6) is 11.5 Å². The topological polar surface area (TPSA) is 42.0 Å². The Kier molecular flexibility index (Phi) is 5.23. The van der Waals surface area contributed by atoms with E-state index in [1.54, 1.807) is 19.2 Å². The van der Waals surface area contributed by atoms with Gasteiger partial charge in [-0.1, -0.05) is 48.5 Å².